The highest BCUT2D eigenvalue weighted by molar-refractivity contribution is 7.99. The number of Topliss-reactive ketones (excluding diaryl/α,β-unsaturated/α-hetero) is 1. The van der Waals surface area contributed by atoms with Gasteiger partial charge in [0, 0.05) is 25.2 Å². The fraction of sp³-hybridized carbons (Fsp3) is 0.158. The Kier molecular flexibility index (Phi) is 5.66. The number of carbonyl (C=O) groups excluding carboxylic acids is 2. The number of amides is 1. The van der Waals surface area contributed by atoms with Gasteiger partial charge in [0.25, 0.3) is 0 Å². The van der Waals surface area contributed by atoms with Crippen LogP contribution < -0.4 is 5.32 Å². The van der Waals surface area contributed by atoms with Crippen molar-refractivity contribution in [3.05, 3.63) is 59.9 Å². The molecule has 0 fully saturated rings. The van der Waals surface area contributed by atoms with Crippen molar-refractivity contribution in [3.8, 4) is 11.4 Å². The minimum absolute atomic E-state index is 0.0250. The SMILES string of the molecule is CC(=O)Nc1ccc(C(=O)CSc2nnc(-c3ccccc3)n2C)c(F)c1. The normalized spacial score (nSPS) is 10.6. The summed E-state index contributed by atoms with van der Waals surface area (Å²) < 4.78 is 16.0. The van der Waals surface area contributed by atoms with Gasteiger partial charge in [0.2, 0.25) is 5.91 Å². The largest absolute Gasteiger partial charge is 0.326 e. The number of aromatic nitrogens is 3. The van der Waals surface area contributed by atoms with E-state index in [4.69, 9.17) is 0 Å². The Hall–Kier alpha value is -3.00. The van der Waals surface area contributed by atoms with Crippen molar-refractivity contribution in [3.63, 3.8) is 0 Å². The van der Waals surface area contributed by atoms with Crippen LogP contribution in [-0.4, -0.2) is 32.2 Å². The molecule has 0 unspecified atom stereocenters. The van der Waals surface area contributed by atoms with Crippen LogP contribution >= 0.6 is 11.8 Å². The maximum Gasteiger partial charge on any atom is 0.221 e. The third-order valence-corrected chi connectivity index (χ3v) is 4.81. The maximum atomic E-state index is 14.2. The van der Waals surface area contributed by atoms with Crippen molar-refractivity contribution in [2.75, 3.05) is 11.1 Å². The van der Waals surface area contributed by atoms with Crippen molar-refractivity contribution in [2.24, 2.45) is 7.05 Å². The molecule has 0 spiro atoms. The number of hydrogen-bond donors (Lipinski definition) is 1. The van der Waals surface area contributed by atoms with Crippen LogP contribution in [0.5, 0.6) is 0 Å². The molecule has 6 nitrogen and oxygen atoms in total. The molecule has 0 aliphatic rings. The first-order valence-electron chi connectivity index (χ1n) is 8.13. The number of anilines is 1. The van der Waals surface area contributed by atoms with Gasteiger partial charge in [-0.05, 0) is 18.2 Å². The second-order valence-electron chi connectivity index (χ2n) is 5.82. The highest BCUT2D eigenvalue weighted by Gasteiger charge is 2.16. The van der Waals surface area contributed by atoms with Gasteiger partial charge in [-0.1, -0.05) is 42.1 Å². The second-order valence-corrected chi connectivity index (χ2v) is 6.76. The van der Waals surface area contributed by atoms with Gasteiger partial charge in [-0.25, -0.2) is 4.39 Å². The first-order chi connectivity index (χ1) is 13.0. The van der Waals surface area contributed by atoms with E-state index in [2.05, 4.69) is 15.5 Å². The molecule has 0 radical (unpaired) electrons. The topological polar surface area (TPSA) is 76.9 Å². The summed E-state index contributed by atoms with van der Waals surface area (Å²) >= 11 is 1.19. The van der Waals surface area contributed by atoms with Gasteiger partial charge < -0.3 is 9.88 Å². The highest BCUT2D eigenvalue weighted by atomic mass is 32.2. The molecule has 0 aliphatic carbocycles. The molecule has 3 aromatic rings. The Balaban J connectivity index is 1.70. The van der Waals surface area contributed by atoms with Gasteiger partial charge in [-0.2, -0.15) is 0 Å². The van der Waals surface area contributed by atoms with Gasteiger partial charge >= 0.3 is 0 Å². The second kappa shape index (κ2) is 8.13. The number of rotatable bonds is 6. The summed E-state index contributed by atoms with van der Waals surface area (Å²) in [6, 6.07) is 13.6. The molecule has 1 N–H and O–H groups in total. The summed E-state index contributed by atoms with van der Waals surface area (Å²) in [5.74, 6) is -0.625. The third-order valence-electron chi connectivity index (χ3n) is 3.79. The quantitative estimate of drug-likeness (QED) is 0.519. The van der Waals surface area contributed by atoms with E-state index in [9.17, 15) is 14.0 Å². The molecular weight excluding hydrogens is 367 g/mol. The van der Waals surface area contributed by atoms with Gasteiger partial charge in [0.15, 0.2) is 16.8 Å². The van der Waals surface area contributed by atoms with E-state index in [1.165, 1.54) is 30.8 Å². The van der Waals surface area contributed by atoms with E-state index >= 15 is 0 Å². The molecule has 138 valence electrons. The predicted octanol–water partition coefficient (Wildman–Crippen LogP) is 3.55. The molecule has 8 heteroatoms. The average Bonchev–Trinajstić information content (AvgIpc) is 3.00. The lowest BCUT2D eigenvalue weighted by molar-refractivity contribution is -0.114. The number of halogens is 1. The average molecular weight is 384 g/mol. The molecule has 1 heterocycles. The molecule has 2 aromatic carbocycles. The number of benzene rings is 2. The number of nitrogens with zero attached hydrogens (tertiary/aromatic N) is 3. The zero-order valence-corrected chi connectivity index (χ0v) is 15.6. The predicted molar refractivity (Wildman–Crippen MR) is 102 cm³/mol. The number of thioether (sulfide) groups is 1. The maximum absolute atomic E-state index is 14.2. The standard InChI is InChI=1S/C19H17FN4O2S/c1-12(25)21-14-8-9-15(16(20)10-14)17(26)11-27-19-23-22-18(24(19)2)13-6-4-3-5-7-13/h3-10H,11H2,1-2H3,(H,21,25). The van der Waals surface area contributed by atoms with Gasteiger partial charge in [-0.3, -0.25) is 9.59 Å². The zero-order valence-electron chi connectivity index (χ0n) is 14.8. The number of hydrogen-bond acceptors (Lipinski definition) is 5. The molecule has 0 saturated heterocycles. The Morgan fingerprint density at radius 3 is 2.56 bits per heavy atom. The van der Waals surface area contributed by atoms with Crippen molar-refractivity contribution < 1.29 is 14.0 Å². The van der Waals surface area contributed by atoms with E-state index in [0.717, 1.165) is 11.6 Å². The van der Waals surface area contributed by atoms with E-state index in [1.54, 1.807) is 4.57 Å². The van der Waals surface area contributed by atoms with Crippen LogP contribution in [0.25, 0.3) is 11.4 Å². The molecule has 27 heavy (non-hydrogen) atoms. The lowest BCUT2D eigenvalue weighted by Crippen LogP contribution is -2.09. The first kappa shape index (κ1) is 18.8. The van der Waals surface area contributed by atoms with Gasteiger partial charge in [-0.15, -0.1) is 10.2 Å². The van der Waals surface area contributed by atoms with E-state index in [1.807, 2.05) is 37.4 Å². The molecular formula is C19H17FN4O2S. The Bertz CT molecular complexity index is 989. The molecule has 0 bridgehead atoms. The van der Waals surface area contributed by atoms with E-state index < -0.39 is 5.82 Å². The van der Waals surface area contributed by atoms with Crippen LogP contribution in [0.2, 0.25) is 0 Å². The van der Waals surface area contributed by atoms with E-state index in [0.29, 0.717) is 16.7 Å². The lowest BCUT2D eigenvalue weighted by atomic mass is 10.1. The van der Waals surface area contributed by atoms with Gasteiger partial charge in [0.1, 0.15) is 5.82 Å². The number of ketones is 1. The minimum atomic E-state index is -0.671. The van der Waals surface area contributed by atoms with E-state index in [-0.39, 0.29) is 23.0 Å². The van der Waals surface area contributed by atoms with Crippen LogP contribution in [0, 0.1) is 5.82 Å². The molecule has 0 aliphatic heterocycles. The summed E-state index contributed by atoms with van der Waals surface area (Å²) in [7, 11) is 1.82. The third kappa shape index (κ3) is 4.40. The van der Waals surface area contributed by atoms with Crippen molar-refractivity contribution >= 4 is 29.1 Å². The lowest BCUT2D eigenvalue weighted by Gasteiger charge is -2.06. The summed E-state index contributed by atoms with van der Waals surface area (Å²) in [4.78, 5) is 23.4. The minimum Gasteiger partial charge on any atom is -0.326 e. The summed E-state index contributed by atoms with van der Waals surface area (Å²) in [5, 5.41) is 11.3. The van der Waals surface area contributed by atoms with Crippen LogP contribution in [0.4, 0.5) is 10.1 Å². The van der Waals surface area contributed by atoms with Crippen LogP contribution in [0.1, 0.15) is 17.3 Å². The molecule has 1 amide bonds. The van der Waals surface area contributed by atoms with Gasteiger partial charge in [0.05, 0.1) is 11.3 Å². The fourth-order valence-corrected chi connectivity index (χ4v) is 3.30. The Morgan fingerprint density at radius 2 is 1.89 bits per heavy atom. The fourth-order valence-electron chi connectivity index (χ4n) is 2.51. The Morgan fingerprint density at radius 1 is 1.15 bits per heavy atom. The number of carbonyl (C=O) groups is 2. The van der Waals surface area contributed by atoms with Crippen molar-refractivity contribution in [1.82, 2.24) is 14.8 Å². The monoisotopic (exact) mass is 384 g/mol. The zero-order chi connectivity index (χ0) is 19.4. The van der Waals surface area contributed by atoms with Crippen LogP contribution in [-0.2, 0) is 11.8 Å². The summed E-state index contributed by atoms with van der Waals surface area (Å²) in [5.41, 5.74) is 1.21. The van der Waals surface area contributed by atoms with Crippen molar-refractivity contribution in [2.45, 2.75) is 12.1 Å². The molecule has 0 saturated carbocycles. The van der Waals surface area contributed by atoms with Crippen LogP contribution in [0.3, 0.4) is 0 Å². The number of nitrogens with one attached hydrogen (secondary N) is 1. The van der Waals surface area contributed by atoms with Crippen LogP contribution in [0.15, 0.2) is 53.7 Å². The smallest absolute Gasteiger partial charge is 0.221 e. The highest BCUT2D eigenvalue weighted by Crippen LogP contribution is 2.24. The first-order valence-corrected chi connectivity index (χ1v) is 9.12. The molecule has 3 rings (SSSR count). The summed E-state index contributed by atoms with van der Waals surface area (Å²) in [6.07, 6.45) is 0. The Labute approximate surface area is 159 Å². The molecule has 0 atom stereocenters. The molecule has 1 aromatic heterocycles. The van der Waals surface area contributed by atoms with Crippen molar-refractivity contribution in [1.29, 1.82) is 0 Å². The summed E-state index contributed by atoms with van der Waals surface area (Å²) in [6.45, 7) is 1.33.